The van der Waals surface area contributed by atoms with E-state index >= 15 is 0 Å². The molecule has 0 spiro atoms. The number of sulfonamides is 1. The standard InChI is InChI=1S/C22H34N2O6S/c1-31(26,27)24(18-10-11-20-21(17-18)30-16-15-29-20)13-5-9-22(25)23-12-6-14-28-19-7-3-2-4-8-19/h10-11,17,19H,2-9,12-16H2,1H3,(H,23,25). The summed E-state index contributed by atoms with van der Waals surface area (Å²) < 4.78 is 42.8. The van der Waals surface area contributed by atoms with Crippen molar-refractivity contribution >= 4 is 21.6 Å². The van der Waals surface area contributed by atoms with E-state index in [9.17, 15) is 13.2 Å². The van der Waals surface area contributed by atoms with Crippen molar-refractivity contribution in [3.63, 3.8) is 0 Å². The molecule has 1 aromatic carbocycles. The number of nitrogens with zero attached hydrogens (tertiary/aromatic N) is 1. The summed E-state index contributed by atoms with van der Waals surface area (Å²) in [4.78, 5) is 12.1. The first-order valence-electron chi connectivity index (χ1n) is 11.2. The van der Waals surface area contributed by atoms with E-state index in [0.29, 0.717) is 56.1 Å². The molecule has 0 saturated heterocycles. The normalized spacial score (nSPS) is 16.7. The van der Waals surface area contributed by atoms with Gasteiger partial charge in [0.1, 0.15) is 13.2 Å². The number of amides is 1. The van der Waals surface area contributed by atoms with Crippen LogP contribution in [0.1, 0.15) is 51.4 Å². The van der Waals surface area contributed by atoms with Gasteiger partial charge in [-0.05, 0) is 37.8 Å². The second-order valence-corrected chi connectivity index (χ2v) is 10.0. The maximum atomic E-state index is 12.3. The highest BCUT2D eigenvalue weighted by molar-refractivity contribution is 7.92. The summed E-state index contributed by atoms with van der Waals surface area (Å²) in [5, 5.41) is 2.89. The largest absolute Gasteiger partial charge is 0.486 e. The lowest BCUT2D eigenvalue weighted by atomic mass is 9.98. The SMILES string of the molecule is CS(=O)(=O)N(CCCC(=O)NCCCOC1CCCCC1)c1ccc2c(c1)OCCO2. The van der Waals surface area contributed by atoms with E-state index in [1.165, 1.54) is 23.6 Å². The molecule has 2 aliphatic rings. The lowest BCUT2D eigenvalue weighted by Crippen LogP contribution is -2.32. The Kier molecular flexibility index (Phi) is 8.83. The fraction of sp³-hybridized carbons (Fsp3) is 0.682. The number of fused-ring (bicyclic) bond motifs is 1. The Hall–Kier alpha value is -2.00. The average molecular weight is 455 g/mol. The van der Waals surface area contributed by atoms with Gasteiger partial charge in [0.25, 0.3) is 0 Å². The molecule has 0 radical (unpaired) electrons. The van der Waals surface area contributed by atoms with Crippen molar-refractivity contribution < 1.29 is 27.4 Å². The van der Waals surface area contributed by atoms with Crippen LogP contribution in [0.5, 0.6) is 11.5 Å². The minimum absolute atomic E-state index is 0.0757. The van der Waals surface area contributed by atoms with Crippen LogP contribution in [0, 0.1) is 0 Å². The first kappa shape index (κ1) is 23.7. The topological polar surface area (TPSA) is 94.2 Å². The van der Waals surface area contributed by atoms with E-state index in [1.54, 1.807) is 18.2 Å². The summed E-state index contributed by atoms with van der Waals surface area (Å²) >= 11 is 0. The molecule has 0 aromatic heterocycles. The number of nitrogens with one attached hydrogen (secondary N) is 1. The van der Waals surface area contributed by atoms with Crippen LogP contribution in [0.2, 0.25) is 0 Å². The molecule has 0 unspecified atom stereocenters. The Labute approximate surface area is 185 Å². The van der Waals surface area contributed by atoms with Crippen LogP contribution in [0.25, 0.3) is 0 Å². The Morgan fingerprint density at radius 1 is 1.13 bits per heavy atom. The average Bonchev–Trinajstić information content (AvgIpc) is 2.76. The number of rotatable bonds is 11. The van der Waals surface area contributed by atoms with Crippen molar-refractivity contribution in [3.8, 4) is 11.5 Å². The smallest absolute Gasteiger partial charge is 0.232 e. The number of hydrogen-bond donors (Lipinski definition) is 1. The van der Waals surface area contributed by atoms with E-state index in [-0.39, 0.29) is 18.9 Å². The minimum Gasteiger partial charge on any atom is -0.486 e. The molecule has 1 fully saturated rings. The Balaban J connectivity index is 1.39. The van der Waals surface area contributed by atoms with Crippen LogP contribution < -0.4 is 19.1 Å². The fourth-order valence-electron chi connectivity index (χ4n) is 3.93. The third-order valence-electron chi connectivity index (χ3n) is 5.53. The van der Waals surface area contributed by atoms with Gasteiger partial charge in [-0.15, -0.1) is 0 Å². The van der Waals surface area contributed by atoms with Crippen molar-refractivity contribution in [2.45, 2.75) is 57.5 Å². The van der Waals surface area contributed by atoms with Crippen LogP contribution in [0.15, 0.2) is 18.2 Å². The lowest BCUT2D eigenvalue weighted by molar-refractivity contribution is -0.121. The highest BCUT2D eigenvalue weighted by Gasteiger charge is 2.21. The van der Waals surface area contributed by atoms with Crippen LogP contribution >= 0.6 is 0 Å². The Bertz CT molecular complexity index is 823. The lowest BCUT2D eigenvalue weighted by Gasteiger charge is -2.25. The molecule has 1 heterocycles. The number of ether oxygens (including phenoxy) is 3. The van der Waals surface area contributed by atoms with Crippen molar-refractivity contribution in [1.82, 2.24) is 5.32 Å². The molecule has 1 aliphatic heterocycles. The highest BCUT2D eigenvalue weighted by Crippen LogP contribution is 2.34. The predicted molar refractivity (Wildman–Crippen MR) is 119 cm³/mol. The zero-order chi connectivity index (χ0) is 22.1. The zero-order valence-electron chi connectivity index (χ0n) is 18.3. The first-order chi connectivity index (χ1) is 14.9. The summed E-state index contributed by atoms with van der Waals surface area (Å²) in [6.45, 7) is 2.36. The highest BCUT2D eigenvalue weighted by atomic mass is 32.2. The number of hydrogen-bond acceptors (Lipinski definition) is 6. The maximum absolute atomic E-state index is 12.3. The molecule has 1 saturated carbocycles. The van der Waals surface area contributed by atoms with Crippen molar-refractivity contribution in [2.24, 2.45) is 0 Å². The summed E-state index contributed by atoms with van der Waals surface area (Å²) in [5.74, 6) is 1.06. The van der Waals surface area contributed by atoms with Gasteiger partial charge < -0.3 is 19.5 Å². The molecule has 1 amide bonds. The molecule has 1 N–H and O–H groups in total. The summed E-state index contributed by atoms with van der Waals surface area (Å²) in [6.07, 6.45) is 9.11. The zero-order valence-corrected chi connectivity index (χ0v) is 19.1. The monoisotopic (exact) mass is 454 g/mol. The Morgan fingerprint density at radius 2 is 1.87 bits per heavy atom. The minimum atomic E-state index is -3.49. The van der Waals surface area contributed by atoms with Crippen LogP contribution in [0.3, 0.4) is 0 Å². The molecule has 174 valence electrons. The summed E-state index contributed by atoms with van der Waals surface area (Å²) in [5.41, 5.74) is 0.506. The van der Waals surface area contributed by atoms with E-state index in [4.69, 9.17) is 14.2 Å². The fourth-order valence-corrected chi connectivity index (χ4v) is 4.88. The quantitative estimate of drug-likeness (QED) is 0.517. The second kappa shape index (κ2) is 11.6. The summed E-state index contributed by atoms with van der Waals surface area (Å²) in [7, 11) is -3.49. The molecule has 9 heteroatoms. The molecule has 1 aromatic rings. The van der Waals surface area contributed by atoms with Gasteiger partial charge >= 0.3 is 0 Å². The van der Waals surface area contributed by atoms with Gasteiger partial charge in [-0.2, -0.15) is 0 Å². The van der Waals surface area contributed by atoms with E-state index < -0.39 is 10.0 Å². The van der Waals surface area contributed by atoms with E-state index in [0.717, 1.165) is 25.5 Å². The van der Waals surface area contributed by atoms with Crippen molar-refractivity contribution in [1.29, 1.82) is 0 Å². The molecule has 0 bridgehead atoms. The third kappa shape index (κ3) is 7.57. The molecular formula is C22H34N2O6S. The van der Waals surface area contributed by atoms with E-state index in [2.05, 4.69) is 5.32 Å². The van der Waals surface area contributed by atoms with E-state index in [1.807, 2.05) is 0 Å². The first-order valence-corrected chi connectivity index (χ1v) is 13.0. The second-order valence-electron chi connectivity index (χ2n) is 8.10. The third-order valence-corrected chi connectivity index (χ3v) is 6.72. The Morgan fingerprint density at radius 3 is 2.61 bits per heavy atom. The van der Waals surface area contributed by atoms with Crippen LogP contribution in [-0.2, 0) is 19.6 Å². The van der Waals surface area contributed by atoms with Gasteiger partial charge in [-0.1, -0.05) is 19.3 Å². The van der Waals surface area contributed by atoms with Gasteiger partial charge in [-0.3, -0.25) is 9.10 Å². The van der Waals surface area contributed by atoms with Gasteiger partial charge in [0, 0.05) is 32.2 Å². The molecule has 1 aliphatic carbocycles. The van der Waals surface area contributed by atoms with Gasteiger partial charge in [0.2, 0.25) is 15.9 Å². The molecule has 8 nitrogen and oxygen atoms in total. The number of benzene rings is 1. The van der Waals surface area contributed by atoms with Gasteiger partial charge in [0.15, 0.2) is 11.5 Å². The van der Waals surface area contributed by atoms with Crippen molar-refractivity contribution in [3.05, 3.63) is 18.2 Å². The van der Waals surface area contributed by atoms with Crippen molar-refractivity contribution in [2.75, 3.05) is 43.5 Å². The number of carbonyl (C=O) groups excluding carboxylic acids is 1. The van der Waals surface area contributed by atoms with Crippen LogP contribution in [0.4, 0.5) is 5.69 Å². The summed E-state index contributed by atoms with van der Waals surface area (Å²) in [6, 6.07) is 5.08. The number of anilines is 1. The van der Waals surface area contributed by atoms with Gasteiger partial charge in [-0.25, -0.2) is 8.42 Å². The predicted octanol–water partition coefficient (Wildman–Crippen LogP) is 2.86. The molecule has 31 heavy (non-hydrogen) atoms. The number of carbonyl (C=O) groups is 1. The molecule has 0 atom stereocenters. The van der Waals surface area contributed by atoms with Crippen LogP contribution in [-0.4, -0.2) is 59.6 Å². The van der Waals surface area contributed by atoms with Gasteiger partial charge in [0.05, 0.1) is 18.0 Å². The maximum Gasteiger partial charge on any atom is 0.232 e. The molecule has 3 rings (SSSR count). The molecular weight excluding hydrogens is 420 g/mol.